The minimum atomic E-state index is -1.37. The van der Waals surface area contributed by atoms with Gasteiger partial charge in [-0.05, 0) is 94.7 Å². The highest BCUT2D eigenvalue weighted by Crippen LogP contribution is 2.42. The smallest absolute Gasteiger partial charge is 0.265 e. The predicted molar refractivity (Wildman–Crippen MR) is 205 cm³/mol. The van der Waals surface area contributed by atoms with Gasteiger partial charge in [0.2, 0.25) is 11.8 Å². The van der Waals surface area contributed by atoms with Gasteiger partial charge < -0.3 is 14.4 Å². The summed E-state index contributed by atoms with van der Waals surface area (Å²) in [4.78, 5) is 64.7. The lowest BCUT2D eigenvalue weighted by Crippen LogP contribution is -2.54. The van der Waals surface area contributed by atoms with E-state index >= 15 is 8.78 Å². The number of aromatic nitrogens is 4. The van der Waals surface area contributed by atoms with Gasteiger partial charge in [-0.1, -0.05) is 6.07 Å². The minimum Gasteiger partial charge on any atom is -0.488 e. The fourth-order valence-corrected chi connectivity index (χ4v) is 9.33. The molecule has 302 valence electrons. The van der Waals surface area contributed by atoms with E-state index in [1.165, 1.54) is 12.1 Å². The van der Waals surface area contributed by atoms with E-state index in [-0.39, 0.29) is 54.4 Å². The molecule has 4 aromatic rings. The van der Waals surface area contributed by atoms with Crippen LogP contribution in [0.1, 0.15) is 96.9 Å². The van der Waals surface area contributed by atoms with Crippen LogP contribution in [0, 0.1) is 5.82 Å². The van der Waals surface area contributed by atoms with Gasteiger partial charge in [-0.25, -0.2) is 18.7 Å². The monoisotopic (exact) mass is 794 g/mol. The molecule has 5 fully saturated rings. The molecule has 3 atom stereocenters. The van der Waals surface area contributed by atoms with Crippen molar-refractivity contribution in [3.8, 4) is 17.1 Å². The number of benzene rings is 2. The number of amides is 4. The Bertz CT molecular complexity index is 2340. The number of likely N-dealkylation sites (tertiary alicyclic amines) is 1. The Labute approximate surface area is 332 Å². The first-order valence-electron chi connectivity index (χ1n) is 20.3. The van der Waals surface area contributed by atoms with Gasteiger partial charge in [-0.2, -0.15) is 5.10 Å². The average Bonchev–Trinajstić information content (AvgIpc) is 3.67. The Morgan fingerprint density at radius 3 is 2.48 bits per heavy atom. The standard InChI is InChI=1S/C42H44F2N8O6/c1-42(11-12-42)58-24-2-5-31-29(18-24)38(49-48-31)32-19-34(46-21-45-32)50-13-8-23(9-14-50)57-25-16-22(17-25)51-15-10-26(30(43)20-51)27-3-4-28-36(37(27)44)41(56)52(40(28)55)33-6-7-35(53)47-39(33)54/h2-5,18-19,21-23,25-26,30,33H,6-17,20H2,1H3,(H,48,49)(H,47,53,54)/t22?,25?,26-,30-,33?/m0/s1. The fourth-order valence-electron chi connectivity index (χ4n) is 9.33. The van der Waals surface area contributed by atoms with Crippen molar-refractivity contribution in [2.24, 2.45) is 0 Å². The van der Waals surface area contributed by atoms with Gasteiger partial charge in [0.05, 0.1) is 34.5 Å². The molecular formula is C42H44F2N8O6. The summed E-state index contributed by atoms with van der Waals surface area (Å²) in [7, 11) is 0. The summed E-state index contributed by atoms with van der Waals surface area (Å²) < 4.78 is 44.6. The van der Waals surface area contributed by atoms with Crippen LogP contribution in [0.2, 0.25) is 0 Å². The van der Waals surface area contributed by atoms with Crippen molar-refractivity contribution in [3.63, 3.8) is 0 Å². The van der Waals surface area contributed by atoms with Crippen molar-refractivity contribution in [2.75, 3.05) is 31.1 Å². The molecule has 4 amide bonds. The van der Waals surface area contributed by atoms with Gasteiger partial charge in [0.25, 0.3) is 11.8 Å². The van der Waals surface area contributed by atoms with Crippen LogP contribution in [0.4, 0.5) is 14.6 Å². The summed E-state index contributed by atoms with van der Waals surface area (Å²) in [6.45, 7) is 4.41. The quantitative estimate of drug-likeness (QED) is 0.223. The second-order valence-electron chi connectivity index (χ2n) is 16.9. The summed E-state index contributed by atoms with van der Waals surface area (Å²) in [5.41, 5.74) is 1.82. The van der Waals surface area contributed by atoms with Crippen molar-refractivity contribution in [1.29, 1.82) is 0 Å². The van der Waals surface area contributed by atoms with Crippen LogP contribution in [0.3, 0.4) is 0 Å². The second-order valence-corrected chi connectivity index (χ2v) is 16.9. The number of carbonyl (C=O) groups excluding carboxylic acids is 4. The van der Waals surface area contributed by atoms with Gasteiger partial charge >= 0.3 is 0 Å². The zero-order chi connectivity index (χ0) is 39.9. The van der Waals surface area contributed by atoms with Crippen LogP contribution >= 0.6 is 0 Å². The number of imide groups is 2. The first kappa shape index (κ1) is 37.0. The number of nitrogens with one attached hydrogen (secondary N) is 2. The molecule has 0 spiro atoms. The number of H-pyrrole nitrogens is 1. The van der Waals surface area contributed by atoms with Crippen LogP contribution in [0.5, 0.6) is 5.75 Å². The van der Waals surface area contributed by atoms with Crippen molar-refractivity contribution >= 4 is 40.3 Å². The number of anilines is 1. The molecule has 1 unspecified atom stereocenters. The normalized spacial score (nSPS) is 27.5. The fraction of sp³-hybridized carbons (Fsp3) is 0.500. The number of halogens is 2. The third-order valence-electron chi connectivity index (χ3n) is 13.0. The molecule has 2 N–H and O–H groups in total. The molecule has 6 aliphatic rings. The molecule has 3 saturated heterocycles. The summed E-state index contributed by atoms with van der Waals surface area (Å²) in [6.07, 6.45) is 6.14. The highest BCUT2D eigenvalue weighted by atomic mass is 19.1. The lowest BCUT2D eigenvalue weighted by molar-refractivity contribution is -0.136. The van der Waals surface area contributed by atoms with Gasteiger partial charge in [-0.15, -0.1) is 0 Å². The van der Waals surface area contributed by atoms with Crippen molar-refractivity contribution in [2.45, 2.75) is 107 Å². The highest BCUT2D eigenvalue weighted by molar-refractivity contribution is 6.23. The Morgan fingerprint density at radius 2 is 1.72 bits per heavy atom. The number of rotatable bonds is 9. The predicted octanol–water partition coefficient (Wildman–Crippen LogP) is 4.84. The van der Waals surface area contributed by atoms with Gasteiger partial charge in [-0.3, -0.25) is 39.4 Å². The molecule has 2 aliphatic carbocycles. The SMILES string of the molecule is CC1(Oc2ccc3[nH]nc(-c4cc(N5CCC(OC6CC(N7CC[C@@H](c8ccc9c(c8F)C(=O)N(C8CCC(=O)NC8=O)C9=O)[C@@H](F)C7)C6)CC5)ncn4)c3c2)CC1. The first-order valence-corrected chi connectivity index (χ1v) is 20.3. The highest BCUT2D eigenvalue weighted by Gasteiger charge is 2.48. The van der Waals surface area contributed by atoms with E-state index in [4.69, 9.17) is 9.47 Å². The molecule has 2 saturated carbocycles. The summed E-state index contributed by atoms with van der Waals surface area (Å²) in [6, 6.07) is 9.69. The van der Waals surface area contributed by atoms with Crippen molar-refractivity contribution < 1.29 is 37.4 Å². The number of hydrogen-bond donors (Lipinski definition) is 2. The Kier molecular flexibility index (Phi) is 9.04. The van der Waals surface area contributed by atoms with E-state index in [1.807, 2.05) is 24.3 Å². The number of aromatic amines is 1. The molecule has 16 heteroatoms. The van der Waals surface area contributed by atoms with Crippen LogP contribution in [-0.2, 0) is 14.3 Å². The third kappa shape index (κ3) is 6.59. The van der Waals surface area contributed by atoms with E-state index in [0.29, 0.717) is 13.0 Å². The lowest BCUT2D eigenvalue weighted by atomic mass is 9.82. The molecule has 2 aromatic heterocycles. The topological polar surface area (TPSA) is 163 Å². The maximum atomic E-state index is 16.0. The van der Waals surface area contributed by atoms with Gasteiger partial charge in [0, 0.05) is 49.5 Å². The largest absolute Gasteiger partial charge is 0.488 e. The van der Waals surface area contributed by atoms with Crippen molar-refractivity contribution in [3.05, 3.63) is 65.2 Å². The Morgan fingerprint density at radius 1 is 0.914 bits per heavy atom. The van der Waals surface area contributed by atoms with Crippen LogP contribution in [0.15, 0.2) is 42.7 Å². The van der Waals surface area contributed by atoms with Crippen LogP contribution in [0.25, 0.3) is 22.3 Å². The molecule has 6 heterocycles. The molecule has 58 heavy (non-hydrogen) atoms. The molecule has 10 rings (SSSR count). The zero-order valence-corrected chi connectivity index (χ0v) is 32.1. The van der Waals surface area contributed by atoms with Gasteiger partial charge in [0.15, 0.2) is 0 Å². The second kappa shape index (κ2) is 14.2. The number of hydrogen-bond acceptors (Lipinski definition) is 11. The van der Waals surface area contributed by atoms with E-state index in [1.54, 1.807) is 6.33 Å². The lowest BCUT2D eigenvalue weighted by Gasteiger charge is -2.47. The van der Waals surface area contributed by atoms with Gasteiger partial charge in [0.1, 0.15) is 47.2 Å². The Balaban J connectivity index is 0.710. The van der Waals surface area contributed by atoms with E-state index in [0.717, 1.165) is 90.4 Å². The molecule has 14 nitrogen and oxygen atoms in total. The molecule has 0 bridgehead atoms. The number of nitrogens with zero attached hydrogens (tertiary/aromatic N) is 6. The molecule has 4 aliphatic heterocycles. The maximum absolute atomic E-state index is 16.0. The summed E-state index contributed by atoms with van der Waals surface area (Å²) in [5.74, 6) is -3.01. The first-order chi connectivity index (χ1) is 28.0. The molecule has 2 aromatic carbocycles. The number of fused-ring (bicyclic) bond motifs is 2. The number of piperidine rings is 3. The van der Waals surface area contributed by atoms with Crippen LogP contribution in [-0.4, -0.2) is 116 Å². The molecule has 0 radical (unpaired) electrons. The third-order valence-corrected chi connectivity index (χ3v) is 13.0. The Hall–Kier alpha value is -5.35. The van der Waals surface area contributed by atoms with E-state index < -0.39 is 53.1 Å². The number of alkyl halides is 1. The van der Waals surface area contributed by atoms with E-state index in [9.17, 15) is 19.2 Å². The van der Waals surface area contributed by atoms with Crippen LogP contribution < -0.4 is 15.0 Å². The van der Waals surface area contributed by atoms with Crippen molar-refractivity contribution in [1.82, 2.24) is 35.3 Å². The number of carbonyl (C=O) groups is 4. The minimum absolute atomic E-state index is 0.0317. The summed E-state index contributed by atoms with van der Waals surface area (Å²) in [5, 5.41) is 10.8. The number of ether oxygens (including phenoxy) is 2. The summed E-state index contributed by atoms with van der Waals surface area (Å²) >= 11 is 0. The van der Waals surface area contributed by atoms with E-state index in [2.05, 4.69) is 42.2 Å². The average molecular weight is 795 g/mol. The molecular weight excluding hydrogens is 751 g/mol. The zero-order valence-electron chi connectivity index (χ0n) is 32.1. The maximum Gasteiger partial charge on any atom is 0.265 e.